The number of aryl methyl sites for hydroxylation is 1. The summed E-state index contributed by atoms with van der Waals surface area (Å²) < 4.78 is 0. The lowest BCUT2D eigenvalue weighted by atomic mass is 10.1. The summed E-state index contributed by atoms with van der Waals surface area (Å²) in [6.45, 7) is 0.745. The van der Waals surface area contributed by atoms with Crippen molar-refractivity contribution in [3.05, 3.63) is 59.7 Å². The molecule has 0 fully saturated rings. The maximum atomic E-state index is 12.9. The van der Waals surface area contributed by atoms with Gasteiger partial charge in [-0.15, -0.1) is 0 Å². The van der Waals surface area contributed by atoms with Gasteiger partial charge in [-0.05, 0) is 43.0 Å². The van der Waals surface area contributed by atoms with Gasteiger partial charge < -0.3 is 10.3 Å². The second-order valence-electron chi connectivity index (χ2n) is 5.23. The standard InChI is InChI=1S/C17H19N3O/c18-19-15-10-3-2-9-14(15)17(21)20-12-6-5-8-13-7-1-4-11-16(13)20/h1-4,7,9-11,19H,5-6,8,12,18H2. The van der Waals surface area contributed by atoms with E-state index in [2.05, 4.69) is 11.5 Å². The van der Waals surface area contributed by atoms with Gasteiger partial charge in [0.2, 0.25) is 0 Å². The van der Waals surface area contributed by atoms with Crippen LogP contribution in [0.3, 0.4) is 0 Å². The number of carbonyl (C=O) groups is 1. The Morgan fingerprint density at radius 3 is 2.67 bits per heavy atom. The molecule has 1 heterocycles. The van der Waals surface area contributed by atoms with Crippen molar-refractivity contribution in [2.24, 2.45) is 5.84 Å². The van der Waals surface area contributed by atoms with Crippen LogP contribution in [0.5, 0.6) is 0 Å². The molecule has 0 aliphatic carbocycles. The molecule has 2 aromatic carbocycles. The highest BCUT2D eigenvalue weighted by atomic mass is 16.2. The van der Waals surface area contributed by atoms with E-state index >= 15 is 0 Å². The molecule has 0 saturated heterocycles. The van der Waals surface area contributed by atoms with E-state index in [4.69, 9.17) is 5.84 Å². The normalized spacial score (nSPS) is 14.2. The minimum atomic E-state index is -0.00194. The second-order valence-corrected chi connectivity index (χ2v) is 5.23. The zero-order chi connectivity index (χ0) is 14.7. The van der Waals surface area contributed by atoms with E-state index in [-0.39, 0.29) is 5.91 Å². The van der Waals surface area contributed by atoms with Gasteiger partial charge in [-0.1, -0.05) is 30.3 Å². The zero-order valence-corrected chi connectivity index (χ0v) is 11.9. The van der Waals surface area contributed by atoms with Gasteiger partial charge in [-0.3, -0.25) is 10.6 Å². The Labute approximate surface area is 124 Å². The van der Waals surface area contributed by atoms with Crippen molar-refractivity contribution < 1.29 is 4.79 Å². The highest BCUT2D eigenvalue weighted by molar-refractivity contribution is 6.09. The van der Waals surface area contributed by atoms with E-state index in [0.717, 1.165) is 31.5 Å². The number of benzene rings is 2. The van der Waals surface area contributed by atoms with Gasteiger partial charge in [0.15, 0.2) is 0 Å². The van der Waals surface area contributed by atoms with Crippen molar-refractivity contribution in [3.63, 3.8) is 0 Å². The maximum absolute atomic E-state index is 12.9. The van der Waals surface area contributed by atoms with E-state index in [9.17, 15) is 4.79 Å². The Hall–Kier alpha value is -2.33. The number of para-hydroxylation sites is 2. The van der Waals surface area contributed by atoms with Crippen LogP contribution in [0.2, 0.25) is 0 Å². The van der Waals surface area contributed by atoms with Gasteiger partial charge in [0.25, 0.3) is 5.91 Å². The summed E-state index contributed by atoms with van der Waals surface area (Å²) in [5.41, 5.74) is 6.13. The van der Waals surface area contributed by atoms with Crippen molar-refractivity contribution in [1.29, 1.82) is 0 Å². The maximum Gasteiger partial charge on any atom is 0.260 e. The first-order chi connectivity index (χ1) is 10.3. The van der Waals surface area contributed by atoms with Gasteiger partial charge in [0.1, 0.15) is 0 Å². The number of hydrazine groups is 1. The van der Waals surface area contributed by atoms with Crippen molar-refractivity contribution in [2.45, 2.75) is 19.3 Å². The Morgan fingerprint density at radius 2 is 1.81 bits per heavy atom. The number of hydrogen-bond acceptors (Lipinski definition) is 3. The first-order valence-electron chi connectivity index (χ1n) is 7.26. The number of hydrogen-bond donors (Lipinski definition) is 2. The molecule has 0 spiro atoms. The highest BCUT2D eigenvalue weighted by Crippen LogP contribution is 2.28. The van der Waals surface area contributed by atoms with Gasteiger partial charge in [0.05, 0.1) is 11.3 Å². The average molecular weight is 281 g/mol. The molecule has 0 unspecified atom stereocenters. The number of nitrogens with two attached hydrogens (primary N) is 1. The molecule has 1 amide bonds. The molecule has 108 valence electrons. The molecule has 0 bridgehead atoms. The number of fused-ring (bicyclic) bond motifs is 1. The first-order valence-corrected chi connectivity index (χ1v) is 7.26. The molecule has 1 aliphatic rings. The van der Waals surface area contributed by atoms with Crippen molar-refractivity contribution in [1.82, 2.24) is 0 Å². The highest BCUT2D eigenvalue weighted by Gasteiger charge is 2.23. The average Bonchev–Trinajstić information content (AvgIpc) is 2.76. The van der Waals surface area contributed by atoms with E-state index in [1.807, 2.05) is 47.4 Å². The van der Waals surface area contributed by atoms with Crippen LogP contribution in [0.1, 0.15) is 28.8 Å². The quantitative estimate of drug-likeness (QED) is 0.657. The summed E-state index contributed by atoms with van der Waals surface area (Å²) in [5, 5.41) is 0. The van der Waals surface area contributed by atoms with E-state index in [1.165, 1.54) is 5.56 Å². The largest absolute Gasteiger partial charge is 0.323 e. The fourth-order valence-corrected chi connectivity index (χ4v) is 2.84. The van der Waals surface area contributed by atoms with Crippen LogP contribution in [-0.4, -0.2) is 12.5 Å². The van der Waals surface area contributed by atoms with Crippen molar-refractivity contribution in [3.8, 4) is 0 Å². The smallest absolute Gasteiger partial charge is 0.260 e. The molecule has 3 N–H and O–H groups in total. The lowest BCUT2D eigenvalue weighted by molar-refractivity contribution is 0.0987. The second kappa shape index (κ2) is 5.97. The Bertz CT molecular complexity index is 654. The minimum absolute atomic E-state index is 0.00194. The molecule has 21 heavy (non-hydrogen) atoms. The SMILES string of the molecule is NNc1ccccc1C(=O)N1CCCCc2ccccc21. The van der Waals surface area contributed by atoms with Gasteiger partial charge >= 0.3 is 0 Å². The molecule has 0 atom stereocenters. The summed E-state index contributed by atoms with van der Waals surface area (Å²) in [4.78, 5) is 14.8. The summed E-state index contributed by atoms with van der Waals surface area (Å²) in [7, 11) is 0. The molecule has 0 aromatic heterocycles. The third kappa shape index (κ3) is 2.62. The van der Waals surface area contributed by atoms with Crippen LogP contribution in [0.25, 0.3) is 0 Å². The summed E-state index contributed by atoms with van der Waals surface area (Å²) in [6.07, 6.45) is 3.15. The summed E-state index contributed by atoms with van der Waals surface area (Å²) in [6, 6.07) is 15.5. The molecule has 4 nitrogen and oxygen atoms in total. The lowest BCUT2D eigenvalue weighted by Gasteiger charge is -2.24. The van der Waals surface area contributed by atoms with Crippen LogP contribution in [0, 0.1) is 0 Å². The first kappa shape index (κ1) is 13.6. The molecular formula is C17H19N3O. The Balaban J connectivity index is 2.01. The van der Waals surface area contributed by atoms with Gasteiger partial charge in [-0.2, -0.15) is 0 Å². The van der Waals surface area contributed by atoms with Crippen LogP contribution in [-0.2, 0) is 6.42 Å². The fraction of sp³-hybridized carbons (Fsp3) is 0.235. The topological polar surface area (TPSA) is 58.4 Å². The number of anilines is 2. The minimum Gasteiger partial charge on any atom is -0.323 e. The van der Waals surface area contributed by atoms with Crippen LogP contribution in [0.4, 0.5) is 11.4 Å². The van der Waals surface area contributed by atoms with Crippen LogP contribution >= 0.6 is 0 Å². The Morgan fingerprint density at radius 1 is 1.05 bits per heavy atom. The number of rotatable bonds is 2. The molecule has 0 radical (unpaired) electrons. The van der Waals surface area contributed by atoms with E-state index in [0.29, 0.717) is 11.3 Å². The fourth-order valence-electron chi connectivity index (χ4n) is 2.84. The van der Waals surface area contributed by atoms with Gasteiger partial charge in [0, 0.05) is 12.2 Å². The number of nitrogens with one attached hydrogen (secondary N) is 1. The third-order valence-corrected chi connectivity index (χ3v) is 3.92. The van der Waals surface area contributed by atoms with Crippen molar-refractivity contribution in [2.75, 3.05) is 16.9 Å². The molecule has 4 heteroatoms. The van der Waals surface area contributed by atoms with Crippen LogP contribution < -0.4 is 16.2 Å². The lowest BCUT2D eigenvalue weighted by Crippen LogP contribution is -2.32. The zero-order valence-electron chi connectivity index (χ0n) is 11.9. The summed E-state index contributed by atoms with van der Waals surface area (Å²) >= 11 is 0. The van der Waals surface area contributed by atoms with Crippen molar-refractivity contribution >= 4 is 17.3 Å². The summed E-state index contributed by atoms with van der Waals surface area (Å²) in [5.74, 6) is 5.52. The number of carbonyl (C=O) groups excluding carboxylic acids is 1. The van der Waals surface area contributed by atoms with Crippen LogP contribution in [0.15, 0.2) is 48.5 Å². The molecule has 2 aromatic rings. The number of amides is 1. The number of nitrogen functional groups attached to an aromatic ring is 1. The third-order valence-electron chi connectivity index (χ3n) is 3.92. The number of nitrogens with zero attached hydrogens (tertiary/aromatic N) is 1. The van der Waals surface area contributed by atoms with E-state index in [1.54, 1.807) is 0 Å². The molecule has 3 rings (SSSR count). The predicted octanol–water partition coefficient (Wildman–Crippen LogP) is 2.96. The molecule has 1 aliphatic heterocycles. The molecular weight excluding hydrogens is 262 g/mol. The monoisotopic (exact) mass is 281 g/mol. The molecule has 0 saturated carbocycles. The van der Waals surface area contributed by atoms with E-state index < -0.39 is 0 Å². The Kier molecular flexibility index (Phi) is 3.88. The van der Waals surface area contributed by atoms with Gasteiger partial charge in [-0.25, -0.2) is 0 Å². The predicted molar refractivity (Wildman–Crippen MR) is 85.3 cm³/mol.